The molecule has 0 spiro atoms. The highest BCUT2D eigenvalue weighted by atomic mass is 32.2. The summed E-state index contributed by atoms with van der Waals surface area (Å²) in [6, 6.07) is -0.917. The molecule has 0 aromatic carbocycles. The van der Waals surface area contributed by atoms with Crippen LogP contribution in [0.2, 0.25) is 0 Å². The van der Waals surface area contributed by atoms with Crippen LogP contribution in [0.1, 0.15) is 27.7 Å². The van der Waals surface area contributed by atoms with Crippen molar-refractivity contribution in [1.29, 1.82) is 0 Å². The maximum absolute atomic E-state index is 11.4. The molecular formula is C10H19NO5S. The summed E-state index contributed by atoms with van der Waals surface area (Å²) >= 11 is 0.453. The molecular weight excluding hydrogens is 246 g/mol. The van der Waals surface area contributed by atoms with Gasteiger partial charge in [-0.2, -0.15) is 0 Å². The Morgan fingerprint density at radius 1 is 1.41 bits per heavy atom. The Morgan fingerprint density at radius 3 is 2.41 bits per heavy atom. The minimum atomic E-state index is -0.917. The summed E-state index contributed by atoms with van der Waals surface area (Å²) in [5, 5.41) is 2.34. The van der Waals surface area contributed by atoms with Crippen molar-refractivity contribution in [2.45, 2.75) is 39.3 Å². The number of ether oxygens (including phenoxy) is 2. The standard InChI is InChI=1S/C10H19NO5S/c1-5-15-8(12)7(6-17-14)11-9(13)16-10(2,3)4/h7,14H,5-6H2,1-4H3,(H,11,13)/t7-/m0/s1. The largest absolute Gasteiger partial charge is 0.464 e. The normalized spacial score (nSPS) is 12.8. The molecule has 0 radical (unpaired) electrons. The molecule has 0 rings (SSSR count). The van der Waals surface area contributed by atoms with E-state index in [1.165, 1.54) is 0 Å². The van der Waals surface area contributed by atoms with Crippen molar-refractivity contribution in [3.05, 3.63) is 0 Å². The molecule has 1 atom stereocenters. The fourth-order valence-corrected chi connectivity index (χ4v) is 1.30. The summed E-state index contributed by atoms with van der Waals surface area (Å²) in [7, 11) is 0. The lowest BCUT2D eigenvalue weighted by molar-refractivity contribution is -0.145. The van der Waals surface area contributed by atoms with Crippen LogP contribution in [0.5, 0.6) is 0 Å². The van der Waals surface area contributed by atoms with Crippen molar-refractivity contribution in [2.24, 2.45) is 0 Å². The second-order valence-corrected chi connectivity index (χ2v) is 4.84. The zero-order chi connectivity index (χ0) is 13.5. The molecule has 0 heterocycles. The number of alkyl carbamates (subject to hydrolysis) is 1. The first-order chi connectivity index (χ1) is 7.80. The summed E-state index contributed by atoms with van der Waals surface area (Å²) in [6.45, 7) is 7.02. The number of nitrogens with one attached hydrogen (secondary N) is 1. The van der Waals surface area contributed by atoms with Gasteiger partial charge in [-0.15, -0.1) is 0 Å². The molecule has 0 unspecified atom stereocenters. The van der Waals surface area contributed by atoms with Gasteiger partial charge < -0.3 is 19.3 Å². The number of amides is 1. The number of carbonyl (C=O) groups excluding carboxylic acids is 2. The molecule has 6 nitrogen and oxygen atoms in total. The highest BCUT2D eigenvalue weighted by Gasteiger charge is 2.25. The first-order valence-corrected chi connectivity index (χ1v) is 6.17. The molecule has 0 aliphatic heterocycles. The Labute approximate surface area is 105 Å². The van der Waals surface area contributed by atoms with Gasteiger partial charge in [0, 0.05) is 0 Å². The van der Waals surface area contributed by atoms with E-state index in [1.54, 1.807) is 27.7 Å². The predicted octanol–water partition coefficient (Wildman–Crippen LogP) is 1.65. The predicted molar refractivity (Wildman–Crippen MR) is 64.9 cm³/mol. The van der Waals surface area contributed by atoms with Crippen molar-refractivity contribution in [2.75, 3.05) is 12.4 Å². The third kappa shape index (κ3) is 7.87. The molecule has 0 bridgehead atoms. The van der Waals surface area contributed by atoms with Crippen LogP contribution >= 0.6 is 12.0 Å². The van der Waals surface area contributed by atoms with Gasteiger partial charge in [0.1, 0.15) is 11.6 Å². The molecule has 0 saturated heterocycles. The summed E-state index contributed by atoms with van der Waals surface area (Å²) in [5.74, 6) is -0.585. The Balaban J connectivity index is 4.34. The molecule has 0 aliphatic carbocycles. The van der Waals surface area contributed by atoms with Gasteiger partial charge in [0.05, 0.1) is 12.4 Å². The maximum atomic E-state index is 11.4. The third-order valence-electron chi connectivity index (χ3n) is 1.50. The number of hydrogen-bond acceptors (Lipinski definition) is 6. The average molecular weight is 265 g/mol. The number of esters is 1. The number of hydrogen-bond donors (Lipinski definition) is 2. The lowest BCUT2D eigenvalue weighted by Gasteiger charge is -2.22. The smallest absolute Gasteiger partial charge is 0.408 e. The Hall–Kier alpha value is -0.950. The van der Waals surface area contributed by atoms with Crippen molar-refractivity contribution >= 4 is 24.1 Å². The van der Waals surface area contributed by atoms with Crippen LogP contribution in [0, 0.1) is 0 Å². The van der Waals surface area contributed by atoms with Crippen LogP contribution in [0.15, 0.2) is 0 Å². The molecule has 0 saturated carbocycles. The number of rotatable bonds is 5. The van der Waals surface area contributed by atoms with Crippen molar-refractivity contribution in [1.82, 2.24) is 5.32 Å². The quantitative estimate of drug-likeness (QED) is 0.581. The van der Waals surface area contributed by atoms with E-state index in [-0.39, 0.29) is 12.4 Å². The van der Waals surface area contributed by atoms with Crippen LogP contribution in [-0.2, 0) is 14.3 Å². The van der Waals surface area contributed by atoms with Gasteiger partial charge in [-0.1, -0.05) is 0 Å². The summed E-state index contributed by atoms with van der Waals surface area (Å²) in [6.07, 6.45) is -0.718. The lowest BCUT2D eigenvalue weighted by atomic mass is 10.2. The Morgan fingerprint density at radius 2 is 2.00 bits per heavy atom. The van der Waals surface area contributed by atoms with Gasteiger partial charge in [0.15, 0.2) is 0 Å². The van der Waals surface area contributed by atoms with E-state index in [4.69, 9.17) is 14.0 Å². The fourth-order valence-electron chi connectivity index (χ4n) is 0.936. The first kappa shape index (κ1) is 16.1. The Bertz CT molecular complexity index is 264. The summed E-state index contributed by atoms with van der Waals surface area (Å²) < 4.78 is 18.5. The van der Waals surface area contributed by atoms with Gasteiger partial charge in [-0.3, -0.25) is 0 Å². The van der Waals surface area contributed by atoms with E-state index in [0.717, 1.165) is 0 Å². The molecule has 1 amide bonds. The van der Waals surface area contributed by atoms with Crippen molar-refractivity contribution in [3.8, 4) is 0 Å². The SMILES string of the molecule is CCOC(=O)[C@H](CSO)NC(=O)OC(C)(C)C. The minimum Gasteiger partial charge on any atom is -0.464 e. The molecule has 0 aromatic heterocycles. The summed E-state index contributed by atoms with van der Waals surface area (Å²) in [4.78, 5) is 22.8. The van der Waals surface area contributed by atoms with E-state index in [0.29, 0.717) is 12.0 Å². The number of carbonyl (C=O) groups is 2. The minimum absolute atomic E-state index is 0.0120. The van der Waals surface area contributed by atoms with E-state index < -0.39 is 23.7 Å². The highest BCUT2D eigenvalue weighted by molar-refractivity contribution is 7.93. The van der Waals surface area contributed by atoms with Gasteiger partial charge in [0.25, 0.3) is 0 Å². The topological polar surface area (TPSA) is 84.9 Å². The molecule has 0 aromatic rings. The van der Waals surface area contributed by atoms with E-state index in [1.807, 2.05) is 0 Å². The zero-order valence-electron chi connectivity index (χ0n) is 10.5. The third-order valence-corrected chi connectivity index (χ3v) is 1.99. The fraction of sp³-hybridized carbons (Fsp3) is 0.800. The molecule has 17 heavy (non-hydrogen) atoms. The molecule has 2 N–H and O–H groups in total. The van der Waals surface area contributed by atoms with Crippen LogP contribution in [0.25, 0.3) is 0 Å². The van der Waals surface area contributed by atoms with Crippen molar-refractivity contribution in [3.63, 3.8) is 0 Å². The van der Waals surface area contributed by atoms with E-state index in [2.05, 4.69) is 5.32 Å². The first-order valence-electron chi connectivity index (χ1n) is 5.22. The van der Waals surface area contributed by atoms with E-state index in [9.17, 15) is 9.59 Å². The second-order valence-electron chi connectivity index (χ2n) is 4.25. The molecule has 0 aliphatic rings. The van der Waals surface area contributed by atoms with Crippen LogP contribution in [-0.4, -0.2) is 40.6 Å². The van der Waals surface area contributed by atoms with E-state index >= 15 is 0 Å². The van der Waals surface area contributed by atoms with Crippen molar-refractivity contribution < 1.29 is 23.6 Å². The Kier molecular flexibility index (Phi) is 6.98. The molecule has 0 fully saturated rings. The van der Waals surface area contributed by atoms with Crippen LogP contribution in [0.4, 0.5) is 4.79 Å². The summed E-state index contributed by atoms with van der Waals surface area (Å²) in [5.41, 5.74) is -0.643. The average Bonchev–Trinajstić information content (AvgIpc) is 2.14. The lowest BCUT2D eigenvalue weighted by Crippen LogP contribution is -2.45. The van der Waals surface area contributed by atoms with Gasteiger partial charge >= 0.3 is 12.1 Å². The maximum Gasteiger partial charge on any atom is 0.408 e. The zero-order valence-corrected chi connectivity index (χ0v) is 11.3. The second kappa shape index (κ2) is 7.39. The molecule has 7 heteroatoms. The van der Waals surface area contributed by atoms with Gasteiger partial charge in [0.2, 0.25) is 0 Å². The van der Waals surface area contributed by atoms with Gasteiger partial charge in [-0.25, -0.2) is 9.59 Å². The van der Waals surface area contributed by atoms with Gasteiger partial charge in [-0.05, 0) is 39.7 Å². The van der Waals surface area contributed by atoms with Crippen LogP contribution in [0.3, 0.4) is 0 Å². The highest BCUT2D eigenvalue weighted by Crippen LogP contribution is 2.08. The van der Waals surface area contributed by atoms with Crippen LogP contribution < -0.4 is 5.32 Å². The monoisotopic (exact) mass is 265 g/mol. The molecule has 100 valence electrons.